The van der Waals surface area contributed by atoms with Crippen LogP contribution in [0.3, 0.4) is 0 Å². The van der Waals surface area contributed by atoms with Crippen molar-refractivity contribution in [3.63, 3.8) is 0 Å². The molecule has 0 unspecified atom stereocenters. The Labute approximate surface area is 68.1 Å². The summed E-state index contributed by atoms with van der Waals surface area (Å²) in [6, 6.07) is 0. The van der Waals surface area contributed by atoms with Crippen LogP contribution in [0.5, 0.6) is 0 Å². The van der Waals surface area contributed by atoms with E-state index in [1.54, 1.807) is 0 Å². The van der Waals surface area contributed by atoms with Gasteiger partial charge in [-0.15, -0.1) is 0 Å². The molecule has 5 nitrogen and oxygen atoms in total. The highest BCUT2D eigenvalue weighted by atomic mass is 19.1. The van der Waals surface area contributed by atoms with E-state index in [9.17, 15) is 9.18 Å². The minimum atomic E-state index is -2.07. The molecule has 0 aromatic carbocycles. The summed E-state index contributed by atoms with van der Waals surface area (Å²) < 4.78 is 12.4. The van der Waals surface area contributed by atoms with Gasteiger partial charge in [-0.1, -0.05) is 0 Å². The quantitative estimate of drug-likeness (QED) is 0.355. The van der Waals surface area contributed by atoms with Gasteiger partial charge in [-0.05, 0) is 0 Å². The molecule has 0 aliphatic heterocycles. The van der Waals surface area contributed by atoms with E-state index in [1.807, 2.05) is 0 Å². The Morgan fingerprint density at radius 3 is 2.08 bits per heavy atom. The number of alkyl halides is 1. The maximum absolute atomic E-state index is 12.4. The number of carbonyl (C=O) groups is 1. The molecule has 4 atom stereocenters. The Morgan fingerprint density at radius 1 is 1.25 bits per heavy atom. The van der Waals surface area contributed by atoms with Crippen molar-refractivity contribution in [1.29, 1.82) is 0 Å². The standard InChI is InChI=1S/C6H11FO5/c7-3(1-8)5(11)6(12)4(10)2-9/h2-6,8,10-12H,1H2/t3-,4-,5+,6+/m0/s1. The van der Waals surface area contributed by atoms with Crippen molar-refractivity contribution in [1.82, 2.24) is 0 Å². The molecule has 0 aliphatic rings. The third kappa shape index (κ3) is 2.82. The van der Waals surface area contributed by atoms with E-state index in [1.165, 1.54) is 0 Å². The van der Waals surface area contributed by atoms with Crippen LogP contribution < -0.4 is 0 Å². The molecule has 72 valence electrons. The number of aliphatic hydroxyl groups excluding tert-OH is 4. The molecule has 0 saturated carbocycles. The summed E-state index contributed by atoms with van der Waals surface area (Å²) in [7, 11) is 0. The number of hydrogen-bond acceptors (Lipinski definition) is 5. The molecule has 0 spiro atoms. The lowest BCUT2D eigenvalue weighted by Gasteiger charge is -2.21. The van der Waals surface area contributed by atoms with Crippen LogP contribution in [0, 0.1) is 0 Å². The van der Waals surface area contributed by atoms with Gasteiger partial charge in [0, 0.05) is 0 Å². The lowest BCUT2D eigenvalue weighted by atomic mass is 10.1. The number of carbonyl (C=O) groups excluding carboxylic acids is 1. The van der Waals surface area contributed by atoms with Crippen molar-refractivity contribution < 1.29 is 29.6 Å². The van der Waals surface area contributed by atoms with E-state index < -0.39 is 31.1 Å². The number of aliphatic hydroxyl groups is 4. The fourth-order valence-corrected chi connectivity index (χ4v) is 0.604. The second-order valence-corrected chi connectivity index (χ2v) is 2.31. The van der Waals surface area contributed by atoms with Gasteiger partial charge in [-0.3, -0.25) is 0 Å². The molecule has 0 aromatic rings. The maximum atomic E-state index is 12.4. The van der Waals surface area contributed by atoms with Crippen LogP contribution in [0.15, 0.2) is 0 Å². The van der Waals surface area contributed by atoms with E-state index in [-0.39, 0.29) is 6.29 Å². The van der Waals surface area contributed by atoms with E-state index in [0.29, 0.717) is 0 Å². The number of aldehydes is 1. The van der Waals surface area contributed by atoms with Crippen LogP contribution in [0.1, 0.15) is 0 Å². The van der Waals surface area contributed by atoms with E-state index >= 15 is 0 Å². The molecule has 0 fully saturated rings. The molecule has 0 amide bonds. The molecule has 0 aliphatic carbocycles. The predicted octanol–water partition coefficient (Wildman–Crippen LogP) is -2.40. The first-order valence-corrected chi connectivity index (χ1v) is 3.29. The zero-order chi connectivity index (χ0) is 9.72. The van der Waals surface area contributed by atoms with E-state index in [4.69, 9.17) is 20.4 Å². The van der Waals surface area contributed by atoms with Crippen molar-refractivity contribution >= 4 is 6.29 Å². The van der Waals surface area contributed by atoms with Gasteiger partial charge in [0.25, 0.3) is 0 Å². The van der Waals surface area contributed by atoms with E-state index in [0.717, 1.165) is 0 Å². The minimum absolute atomic E-state index is 0.0298. The highest BCUT2D eigenvalue weighted by molar-refractivity contribution is 5.56. The van der Waals surface area contributed by atoms with Gasteiger partial charge in [0.15, 0.2) is 12.5 Å². The summed E-state index contributed by atoms with van der Waals surface area (Å²) >= 11 is 0. The third-order valence-electron chi connectivity index (χ3n) is 1.38. The highest BCUT2D eigenvalue weighted by Gasteiger charge is 2.30. The highest BCUT2D eigenvalue weighted by Crippen LogP contribution is 2.06. The first-order valence-electron chi connectivity index (χ1n) is 3.29. The average molecular weight is 182 g/mol. The largest absolute Gasteiger partial charge is 0.393 e. The minimum Gasteiger partial charge on any atom is -0.393 e. The Kier molecular flexibility index (Phi) is 4.91. The first kappa shape index (κ1) is 11.4. The second kappa shape index (κ2) is 5.15. The van der Waals surface area contributed by atoms with Gasteiger partial charge in [-0.2, -0.15) is 0 Å². The molecule has 0 saturated heterocycles. The van der Waals surface area contributed by atoms with Crippen molar-refractivity contribution in [2.75, 3.05) is 6.61 Å². The SMILES string of the molecule is O=C[C@H](O)[C@@H](O)[C@H](O)[C@@H](F)CO. The summed E-state index contributed by atoms with van der Waals surface area (Å²) in [5.74, 6) is 0. The second-order valence-electron chi connectivity index (χ2n) is 2.31. The topological polar surface area (TPSA) is 98.0 Å². The van der Waals surface area contributed by atoms with Crippen molar-refractivity contribution in [3.05, 3.63) is 0 Å². The van der Waals surface area contributed by atoms with Crippen LogP contribution in [-0.2, 0) is 4.79 Å². The van der Waals surface area contributed by atoms with Crippen LogP contribution in [0.25, 0.3) is 0 Å². The van der Waals surface area contributed by atoms with Gasteiger partial charge in [0.1, 0.15) is 18.3 Å². The zero-order valence-electron chi connectivity index (χ0n) is 6.17. The van der Waals surface area contributed by atoms with Gasteiger partial charge in [0.05, 0.1) is 6.61 Å². The molecular weight excluding hydrogens is 171 g/mol. The Balaban J connectivity index is 4.07. The van der Waals surface area contributed by atoms with Crippen molar-refractivity contribution in [3.8, 4) is 0 Å². The van der Waals surface area contributed by atoms with Crippen molar-refractivity contribution in [2.24, 2.45) is 0 Å². The first-order chi connectivity index (χ1) is 5.54. The lowest BCUT2D eigenvalue weighted by molar-refractivity contribution is -0.131. The third-order valence-corrected chi connectivity index (χ3v) is 1.38. The molecule has 0 radical (unpaired) electrons. The predicted molar refractivity (Wildman–Crippen MR) is 36.1 cm³/mol. The van der Waals surface area contributed by atoms with Crippen LogP contribution in [0.2, 0.25) is 0 Å². The summed E-state index contributed by atoms with van der Waals surface area (Å²) in [6.45, 7) is -0.982. The van der Waals surface area contributed by atoms with E-state index in [2.05, 4.69) is 0 Å². The summed E-state index contributed by atoms with van der Waals surface area (Å²) in [4.78, 5) is 9.86. The molecule has 12 heavy (non-hydrogen) atoms. The molecule has 0 heterocycles. The fraction of sp³-hybridized carbons (Fsp3) is 0.833. The van der Waals surface area contributed by atoms with Crippen molar-refractivity contribution in [2.45, 2.75) is 24.5 Å². The summed E-state index contributed by atoms with van der Waals surface area (Å²) in [6.07, 6.45) is -7.82. The molecule has 4 N–H and O–H groups in total. The normalized spacial score (nSPS) is 21.1. The number of rotatable bonds is 5. The Morgan fingerprint density at radius 2 is 1.75 bits per heavy atom. The summed E-state index contributed by atoms with van der Waals surface area (Å²) in [5.41, 5.74) is 0. The number of halogens is 1. The Bertz CT molecular complexity index is 142. The lowest BCUT2D eigenvalue weighted by Crippen LogP contribution is -2.44. The average Bonchev–Trinajstić information content (AvgIpc) is 2.12. The molecule has 0 bridgehead atoms. The van der Waals surface area contributed by atoms with Gasteiger partial charge >= 0.3 is 0 Å². The van der Waals surface area contributed by atoms with Gasteiger partial charge in [0.2, 0.25) is 0 Å². The summed E-state index contributed by atoms with van der Waals surface area (Å²) in [5, 5.41) is 34.4. The number of hydrogen-bond donors (Lipinski definition) is 4. The monoisotopic (exact) mass is 182 g/mol. The maximum Gasteiger partial charge on any atom is 0.151 e. The molecule has 0 aromatic heterocycles. The van der Waals surface area contributed by atoms with Crippen LogP contribution >= 0.6 is 0 Å². The molecular formula is C6H11FO5. The van der Waals surface area contributed by atoms with Gasteiger partial charge < -0.3 is 25.2 Å². The molecule has 6 heteroatoms. The smallest absolute Gasteiger partial charge is 0.151 e. The zero-order valence-corrected chi connectivity index (χ0v) is 6.17. The van der Waals surface area contributed by atoms with Crippen LogP contribution in [0.4, 0.5) is 4.39 Å². The van der Waals surface area contributed by atoms with Gasteiger partial charge in [-0.25, -0.2) is 4.39 Å². The Hall–Kier alpha value is -0.560. The fourth-order valence-electron chi connectivity index (χ4n) is 0.604. The molecule has 0 rings (SSSR count). The van der Waals surface area contributed by atoms with Crippen LogP contribution in [-0.4, -0.2) is 57.8 Å².